The second-order valence-corrected chi connectivity index (χ2v) is 6.64. The van der Waals surface area contributed by atoms with Crippen LogP contribution in [0.1, 0.15) is 15.9 Å². The van der Waals surface area contributed by atoms with Gasteiger partial charge in [0.2, 0.25) is 0 Å². The minimum atomic E-state index is -0.0313. The van der Waals surface area contributed by atoms with Crippen LogP contribution >= 0.6 is 34.5 Å². The van der Waals surface area contributed by atoms with Crippen LogP contribution in [0, 0.1) is 6.92 Å². The number of carbonyl (C=O) groups excluding carboxylic acids is 1. The number of anilines is 1. The van der Waals surface area contributed by atoms with Crippen LogP contribution in [0.25, 0.3) is 0 Å². The molecular weight excluding hydrogens is 301 g/mol. The van der Waals surface area contributed by atoms with E-state index < -0.39 is 0 Å². The topological polar surface area (TPSA) is 20.3 Å². The second kappa shape index (κ2) is 5.95. The van der Waals surface area contributed by atoms with Gasteiger partial charge in [-0.05, 0) is 25.1 Å². The average Bonchev–Trinajstić information content (AvgIpc) is 2.69. The van der Waals surface area contributed by atoms with Crippen LogP contribution in [-0.4, -0.2) is 19.4 Å². The number of rotatable bonds is 4. The van der Waals surface area contributed by atoms with Gasteiger partial charge in [-0.2, -0.15) is 0 Å². The van der Waals surface area contributed by atoms with Crippen molar-refractivity contribution in [3.8, 4) is 0 Å². The number of benzene rings is 1. The van der Waals surface area contributed by atoms with Gasteiger partial charge in [0, 0.05) is 12.7 Å². The summed E-state index contributed by atoms with van der Waals surface area (Å²) in [6, 6.07) is 9.64. The van der Waals surface area contributed by atoms with Crippen LogP contribution in [0.2, 0.25) is 8.67 Å². The molecule has 5 heteroatoms. The number of Topliss-reactive ketones (excluding diaryl/α,β-unsaturated/α-hetero) is 1. The van der Waals surface area contributed by atoms with Crippen LogP contribution in [0.3, 0.4) is 0 Å². The largest absolute Gasteiger partial charge is 0.367 e. The molecule has 1 heterocycles. The van der Waals surface area contributed by atoms with Gasteiger partial charge in [-0.15, -0.1) is 11.3 Å². The van der Waals surface area contributed by atoms with Gasteiger partial charge in [0.1, 0.15) is 4.34 Å². The maximum atomic E-state index is 12.2. The highest BCUT2D eigenvalue weighted by atomic mass is 35.5. The Morgan fingerprint density at radius 3 is 2.42 bits per heavy atom. The third kappa shape index (κ3) is 3.50. The zero-order valence-corrected chi connectivity index (χ0v) is 12.9. The van der Waals surface area contributed by atoms with Gasteiger partial charge in [0.15, 0.2) is 5.78 Å². The summed E-state index contributed by atoms with van der Waals surface area (Å²) in [5.74, 6) is -0.0313. The van der Waals surface area contributed by atoms with Gasteiger partial charge in [-0.1, -0.05) is 40.9 Å². The number of ketones is 1. The smallest absolute Gasteiger partial charge is 0.184 e. The summed E-state index contributed by atoms with van der Waals surface area (Å²) in [4.78, 5) is 14.0. The predicted octanol–water partition coefficient (Wildman–Crippen LogP) is 4.68. The Morgan fingerprint density at radius 1 is 1.26 bits per heavy atom. The molecule has 19 heavy (non-hydrogen) atoms. The number of aryl methyl sites for hydroxylation is 1. The molecule has 2 aromatic rings. The van der Waals surface area contributed by atoms with Crippen molar-refractivity contribution in [3.05, 3.63) is 50.1 Å². The fourth-order valence-corrected chi connectivity index (χ4v) is 3.22. The zero-order chi connectivity index (χ0) is 14.0. The maximum Gasteiger partial charge on any atom is 0.184 e. The monoisotopic (exact) mass is 313 g/mol. The summed E-state index contributed by atoms with van der Waals surface area (Å²) < 4.78 is 0.985. The summed E-state index contributed by atoms with van der Waals surface area (Å²) >= 11 is 13.0. The zero-order valence-electron chi connectivity index (χ0n) is 10.6. The first-order chi connectivity index (χ1) is 8.97. The van der Waals surface area contributed by atoms with E-state index in [0.29, 0.717) is 14.2 Å². The molecule has 0 bridgehead atoms. The summed E-state index contributed by atoms with van der Waals surface area (Å²) in [5, 5.41) is 0. The third-order valence-corrected chi connectivity index (χ3v) is 4.30. The number of hydrogen-bond acceptors (Lipinski definition) is 3. The number of halogens is 2. The van der Waals surface area contributed by atoms with Crippen LogP contribution < -0.4 is 4.90 Å². The molecule has 2 rings (SSSR count). The fourth-order valence-electron chi connectivity index (χ4n) is 1.72. The lowest BCUT2D eigenvalue weighted by Gasteiger charge is -2.18. The Labute approximate surface area is 126 Å². The second-order valence-electron chi connectivity index (χ2n) is 4.35. The molecule has 0 radical (unpaired) electrons. The van der Waals surface area contributed by atoms with Crippen molar-refractivity contribution in [2.45, 2.75) is 6.92 Å². The lowest BCUT2D eigenvalue weighted by molar-refractivity contribution is 0.100. The van der Waals surface area contributed by atoms with E-state index >= 15 is 0 Å². The Morgan fingerprint density at radius 2 is 1.89 bits per heavy atom. The maximum absolute atomic E-state index is 12.2. The Bertz CT molecular complexity index is 592. The SMILES string of the molecule is Cc1ccc(N(C)CC(=O)c2cc(Cl)sc2Cl)cc1. The quantitative estimate of drug-likeness (QED) is 0.764. The van der Waals surface area contributed by atoms with E-state index in [1.54, 1.807) is 6.07 Å². The third-order valence-electron chi connectivity index (χ3n) is 2.81. The fraction of sp³-hybridized carbons (Fsp3) is 0.214. The number of carbonyl (C=O) groups is 1. The lowest BCUT2D eigenvalue weighted by Crippen LogP contribution is -2.25. The molecule has 0 aliphatic carbocycles. The molecule has 0 aliphatic heterocycles. The van der Waals surface area contributed by atoms with Crippen molar-refractivity contribution >= 4 is 46.0 Å². The van der Waals surface area contributed by atoms with E-state index in [9.17, 15) is 4.79 Å². The van der Waals surface area contributed by atoms with E-state index in [1.807, 2.05) is 43.1 Å². The average molecular weight is 314 g/mol. The van der Waals surface area contributed by atoms with Gasteiger partial charge < -0.3 is 4.90 Å². The summed E-state index contributed by atoms with van der Waals surface area (Å²) in [6.07, 6.45) is 0. The molecule has 2 nitrogen and oxygen atoms in total. The molecule has 0 atom stereocenters. The van der Waals surface area contributed by atoms with Gasteiger partial charge in [0.25, 0.3) is 0 Å². The van der Waals surface area contributed by atoms with Crippen LogP contribution in [0.4, 0.5) is 5.69 Å². The van der Waals surface area contributed by atoms with Crippen molar-refractivity contribution in [1.29, 1.82) is 0 Å². The number of thiophene rings is 1. The molecule has 0 N–H and O–H groups in total. The molecule has 0 spiro atoms. The highest BCUT2D eigenvalue weighted by Gasteiger charge is 2.16. The molecule has 0 unspecified atom stereocenters. The highest BCUT2D eigenvalue weighted by molar-refractivity contribution is 7.20. The minimum Gasteiger partial charge on any atom is -0.367 e. The minimum absolute atomic E-state index is 0.0313. The number of likely N-dealkylation sites (N-methyl/N-ethyl adjacent to an activating group) is 1. The Hall–Kier alpha value is -1.03. The summed E-state index contributed by atoms with van der Waals surface area (Å²) in [6.45, 7) is 2.30. The Kier molecular flexibility index (Phi) is 4.50. The van der Waals surface area contributed by atoms with E-state index in [2.05, 4.69) is 0 Å². The highest BCUT2D eigenvalue weighted by Crippen LogP contribution is 2.31. The van der Waals surface area contributed by atoms with E-state index in [4.69, 9.17) is 23.2 Å². The van der Waals surface area contributed by atoms with E-state index in [-0.39, 0.29) is 12.3 Å². The van der Waals surface area contributed by atoms with E-state index in [1.165, 1.54) is 16.9 Å². The molecule has 0 fully saturated rings. The molecule has 1 aromatic heterocycles. The van der Waals surface area contributed by atoms with Crippen molar-refractivity contribution in [2.24, 2.45) is 0 Å². The summed E-state index contributed by atoms with van der Waals surface area (Å²) in [7, 11) is 1.88. The number of hydrogen-bond donors (Lipinski definition) is 0. The van der Waals surface area contributed by atoms with Crippen LogP contribution in [0.5, 0.6) is 0 Å². The first-order valence-electron chi connectivity index (χ1n) is 5.73. The van der Waals surface area contributed by atoms with Crippen LogP contribution in [0.15, 0.2) is 30.3 Å². The molecule has 0 saturated heterocycles. The van der Waals surface area contributed by atoms with Gasteiger partial charge in [0.05, 0.1) is 16.4 Å². The normalized spacial score (nSPS) is 10.5. The lowest BCUT2D eigenvalue weighted by atomic mass is 10.2. The van der Waals surface area contributed by atoms with Crippen LogP contribution in [-0.2, 0) is 0 Å². The molecule has 0 aliphatic rings. The van der Waals surface area contributed by atoms with Gasteiger partial charge in [-0.3, -0.25) is 4.79 Å². The molecule has 0 saturated carbocycles. The van der Waals surface area contributed by atoms with E-state index in [0.717, 1.165) is 5.69 Å². The molecular formula is C14H13Cl2NOS. The molecule has 0 amide bonds. The predicted molar refractivity (Wildman–Crippen MR) is 83.1 cm³/mol. The first kappa shape index (κ1) is 14.4. The number of nitrogens with zero attached hydrogens (tertiary/aromatic N) is 1. The standard InChI is InChI=1S/C14H13Cl2NOS/c1-9-3-5-10(6-4-9)17(2)8-12(18)11-7-13(15)19-14(11)16/h3-7H,8H2,1-2H3. The molecule has 100 valence electrons. The van der Waals surface area contributed by atoms with Gasteiger partial charge >= 0.3 is 0 Å². The summed E-state index contributed by atoms with van der Waals surface area (Å²) in [5.41, 5.74) is 2.68. The van der Waals surface area contributed by atoms with Gasteiger partial charge in [-0.25, -0.2) is 0 Å². The van der Waals surface area contributed by atoms with Crippen molar-refractivity contribution in [1.82, 2.24) is 0 Å². The van der Waals surface area contributed by atoms with Crippen molar-refractivity contribution in [2.75, 3.05) is 18.5 Å². The van der Waals surface area contributed by atoms with Crippen molar-refractivity contribution < 1.29 is 4.79 Å². The van der Waals surface area contributed by atoms with Crippen molar-refractivity contribution in [3.63, 3.8) is 0 Å². The first-order valence-corrected chi connectivity index (χ1v) is 7.30. The Balaban J connectivity index is 2.10. The molecule has 1 aromatic carbocycles.